The van der Waals surface area contributed by atoms with Gasteiger partial charge in [-0.05, 0) is 12.8 Å². The number of amides is 1. The Kier molecular flexibility index (Phi) is 9.43. The summed E-state index contributed by atoms with van der Waals surface area (Å²) in [5.41, 5.74) is 0. The zero-order chi connectivity index (χ0) is 13.1. The van der Waals surface area contributed by atoms with Crippen LogP contribution < -0.4 is 5.32 Å². The second kappa shape index (κ2) is 10.1. The summed E-state index contributed by atoms with van der Waals surface area (Å²) in [5.74, 6) is -1.35. The molecule has 0 aromatic carbocycles. The highest BCUT2D eigenvalue weighted by atomic mass is 16.5. The Labute approximate surface area is 103 Å². The summed E-state index contributed by atoms with van der Waals surface area (Å²) in [7, 11) is 0. The van der Waals surface area contributed by atoms with Gasteiger partial charge in [0.25, 0.3) is 0 Å². The molecule has 0 radical (unpaired) electrons. The van der Waals surface area contributed by atoms with E-state index in [1.54, 1.807) is 0 Å². The van der Waals surface area contributed by atoms with Crippen LogP contribution in [0.15, 0.2) is 0 Å². The van der Waals surface area contributed by atoms with Gasteiger partial charge < -0.3 is 15.2 Å². The van der Waals surface area contributed by atoms with Crippen LogP contribution in [0.5, 0.6) is 0 Å². The van der Waals surface area contributed by atoms with Crippen LogP contribution in [0.2, 0.25) is 0 Å². The van der Waals surface area contributed by atoms with E-state index in [4.69, 9.17) is 9.84 Å². The number of carbonyl (C=O) groups excluding carboxylic acids is 1. The van der Waals surface area contributed by atoms with E-state index in [0.29, 0.717) is 19.4 Å². The Morgan fingerprint density at radius 2 is 1.94 bits per heavy atom. The van der Waals surface area contributed by atoms with Crippen molar-refractivity contribution in [1.82, 2.24) is 5.32 Å². The maximum absolute atomic E-state index is 11.4. The number of carboxylic acids is 1. The minimum Gasteiger partial charge on any atom is -0.480 e. The van der Waals surface area contributed by atoms with Gasteiger partial charge in [0.2, 0.25) is 5.91 Å². The van der Waals surface area contributed by atoms with Gasteiger partial charge in [-0.3, -0.25) is 4.79 Å². The summed E-state index contributed by atoms with van der Waals surface area (Å²) in [6, 6.07) is -0.799. The molecule has 0 aromatic rings. The molecular weight excluding hydrogens is 222 g/mol. The Bertz CT molecular complexity index is 231. The van der Waals surface area contributed by atoms with Gasteiger partial charge in [-0.25, -0.2) is 4.79 Å². The standard InChI is InChI=1S/C12H23NO4/c1-3-5-6-8-17-9-11(14)13-10(7-4-2)12(15)16/h10H,3-9H2,1-2H3,(H,13,14)(H,15,16). The molecule has 1 amide bonds. The molecular formula is C12H23NO4. The first-order chi connectivity index (χ1) is 8.11. The second-order valence-electron chi connectivity index (χ2n) is 4.01. The molecule has 0 fully saturated rings. The lowest BCUT2D eigenvalue weighted by atomic mass is 10.2. The summed E-state index contributed by atoms with van der Waals surface area (Å²) in [6.45, 7) is 4.46. The van der Waals surface area contributed by atoms with E-state index in [9.17, 15) is 9.59 Å². The number of aliphatic carboxylic acids is 1. The van der Waals surface area contributed by atoms with Crippen molar-refractivity contribution in [3.8, 4) is 0 Å². The first kappa shape index (κ1) is 15.9. The van der Waals surface area contributed by atoms with E-state index in [-0.39, 0.29) is 12.5 Å². The fourth-order valence-electron chi connectivity index (χ4n) is 1.40. The van der Waals surface area contributed by atoms with Crippen LogP contribution in [-0.4, -0.2) is 36.2 Å². The summed E-state index contributed by atoms with van der Waals surface area (Å²) < 4.78 is 5.15. The zero-order valence-corrected chi connectivity index (χ0v) is 10.7. The highest BCUT2D eigenvalue weighted by Crippen LogP contribution is 1.97. The normalized spacial score (nSPS) is 12.1. The minimum atomic E-state index is -0.994. The quantitative estimate of drug-likeness (QED) is 0.573. The number of hydrogen-bond donors (Lipinski definition) is 2. The minimum absolute atomic E-state index is 0.0583. The molecule has 1 unspecified atom stereocenters. The molecule has 0 rings (SSSR count). The van der Waals surface area contributed by atoms with E-state index in [1.165, 1.54) is 0 Å². The molecule has 0 aromatic heterocycles. The van der Waals surface area contributed by atoms with Gasteiger partial charge in [0, 0.05) is 6.61 Å². The van der Waals surface area contributed by atoms with Gasteiger partial charge in [0.05, 0.1) is 0 Å². The molecule has 0 bridgehead atoms. The second-order valence-corrected chi connectivity index (χ2v) is 4.01. The fourth-order valence-corrected chi connectivity index (χ4v) is 1.40. The number of unbranched alkanes of at least 4 members (excludes halogenated alkanes) is 2. The van der Waals surface area contributed by atoms with Crippen molar-refractivity contribution in [2.75, 3.05) is 13.2 Å². The molecule has 2 N–H and O–H groups in total. The van der Waals surface area contributed by atoms with Crippen molar-refractivity contribution in [3.63, 3.8) is 0 Å². The summed E-state index contributed by atoms with van der Waals surface area (Å²) >= 11 is 0. The van der Waals surface area contributed by atoms with Gasteiger partial charge in [0.15, 0.2) is 0 Å². The third kappa shape index (κ3) is 8.68. The Balaban J connectivity index is 3.71. The molecule has 17 heavy (non-hydrogen) atoms. The molecule has 100 valence electrons. The van der Waals surface area contributed by atoms with Crippen molar-refractivity contribution in [3.05, 3.63) is 0 Å². The van der Waals surface area contributed by atoms with Crippen molar-refractivity contribution in [2.24, 2.45) is 0 Å². The van der Waals surface area contributed by atoms with Gasteiger partial charge in [-0.15, -0.1) is 0 Å². The number of ether oxygens (including phenoxy) is 1. The molecule has 5 heteroatoms. The van der Waals surface area contributed by atoms with Crippen LogP contribution in [-0.2, 0) is 14.3 Å². The highest BCUT2D eigenvalue weighted by Gasteiger charge is 2.18. The van der Waals surface area contributed by atoms with Gasteiger partial charge in [-0.2, -0.15) is 0 Å². The number of rotatable bonds is 10. The topological polar surface area (TPSA) is 75.6 Å². The number of carbonyl (C=O) groups is 2. The average molecular weight is 245 g/mol. The van der Waals surface area contributed by atoms with Crippen LogP contribution in [0, 0.1) is 0 Å². The molecule has 0 saturated heterocycles. The number of hydrogen-bond acceptors (Lipinski definition) is 3. The van der Waals surface area contributed by atoms with Crippen molar-refractivity contribution in [1.29, 1.82) is 0 Å². The van der Waals surface area contributed by atoms with Crippen LogP contribution >= 0.6 is 0 Å². The fraction of sp³-hybridized carbons (Fsp3) is 0.833. The summed E-state index contributed by atoms with van der Waals surface area (Å²) in [4.78, 5) is 22.2. The molecule has 0 aliphatic rings. The molecule has 0 saturated carbocycles. The lowest BCUT2D eigenvalue weighted by Gasteiger charge is -2.13. The monoisotopic (exact) mass is 245 g/mol. The maximum atomic E-state index is 11.4. The highest BCUT2D eigenvalue weighted by molar-refractivity contribution is 5.84. The van der Waals surface area contributed by atoms with Crippen LogP contribution in [0.4, 0.5) is 0 Å². The van der Waals surface area contributed by atoms with Crippen molar-refractivity contribution < 1.29 is 19.4 Å². The van der Waals surface area contributed by atoms with E-state index in [0.717, 1.165) is 19.3 Å². The first-order valence-corrected chi connectivity index (χ1v) is 6.21. The summed E-state index contributed by atoms with van der Waals surface area (Å²) in [5, 5.41) is 11.3. The van der Waals surface area contributed by atoms with Crippen LogP contribution in [0.25, 0.3) is 0 Å². The largest absolute Gasteiger partial charge is 0.480 e. The SMILES string of the molecule is CCCCCOCC(=O)NC(CCC)C(=O)O. The predicted octanol–water partition coefficient (Wildman–Crippen LogP) is 1.56. The average Bonchev–Trinajstić information content (AvgIpc) is 2.28. The Hall–Kier alpha value is -1.10. The lowest BCUT2D eigenvalue weighted by molar-refractivity contribution is -0.142. The molecule has 0 aliphatic carbocycles. The zero-order valence-electron chi connectivity index (χ0n) is 10.7. The molecule has 5 nitrogen and oxygen atoms in total. The number of nitrogens with one attached hydrogen (secondary N) is 1. The molecule has 0 aliphatic heterocycles. The van der Waals surface area contributed by atoms with E-state index < -0.39 is 12.0 Å². The van der Waals surface area contributed by atoms with Gasteiger partial charge >= 0.3 is 5.97 Å². The van der Waals surface area contributed by atoms with Crippen LogP contribution in [0.1, 0.15) is 46.0 Å². The van der Waals surface area contributed by atoms with Crippen molar-refractivity contribution in [2.45, 2.75) is 52.0 Å². The summed E-state index contributed by atoms with van der Waals surface area (Å²) in [6.07, 6.45) is 4.27. The van der Waals surface area contributed by atoms with E-state index >= 15 is 0 Å². The lowest BCUT2D eigenvalue weighted by Crippen LogP contribution is -2.42. The van der Waals surface area contributed by atoms with E-state index in [1.807, 2.05) is 6.92 Å². The van der Waals surface area contributed by atoms with Crippen molar-refractivity contribution >= 4 is 11.9 Å². The first-order valence-electron chi connectivity index (χ1n) is 6.21. The molecule has 1 atom stereocenters. The number of carboxylic acid groups (broad SMARTS) is 1. The Morgan fingerprint density at radius 1 is 1.24 bits per heavy atom. The Morgan fingerprint density at radius 3 is 2.47 bits per heavy atom. The molecule has 0 spiro atoms. The smallest absolute Gasteiger partial charge is 0.326 e. The predicted molar refractivity (Wildman–Crippen MR) is 64.8 cm³/mol. The maximum Gasteiger partial charge on any atom is 0.326 e. The van der Waals surface area contributed by atoms with Crippen LogP contribution in [0.3, 0.4) is 0 Å². The third-order valence-electron chi connectivity index (χ3n) is 2.34. The van der Waals surface area contributed by atoms with Gasteiger partial charge in [-0.1, -0.05) is 33.1 Å². The molecule has 0 heterocycles. The van der Waals surface area contributed by atoms with Gasteiger partial charge in [0.1, 0.15) is 12.6 Å². The van der Waals surface area contributed by atoms with E-state index in [2.05, 4.69) is 12.2 Å². The third-order valence-corrected chi connectivity index (χ3v) is 2.34.